The van der Waals surface area contributed by atoms with Gasteiger partial charge in [0.2, 0.25) is 11.8 Å². The fraction of sp³-hybridized carbons (Fsp3) is 0.778. The van der Waals surface area contributed by atoms with Crippen LogP contribution in [0, 0.1) is 0 Å². The molecular formula is C9H18N2O2. The van der Waals surface area contributed by atoms with E-state index in [1.807, 2.05) is 20.8 Å². The van der Waals surface area contributed by atoms with Gasteiger partial charge in [-0.25, -0.2) is 0 Å². The molecule has 0 heterocycles. The summed E-state index contributed by atoms with van der Waals surface area (Å²) >= 11 is 0. The van der Waals surface area contributed by atoms with Gasteiger partial charge >= 0.3 is 0 Å². The second-order valence-electron chi connectivity index (χ2n) is 4.16. The largest absolute Gasteiger partial charge is 0.350 e. The molecule has 0 rings (SSSR count). The number of carbonyl (C=O) groups excluding carboxylic acids is 2. The molecule has 4 nitrogen and oxygen atoms in total. The number of amides is 2. The summed E-state index contributed by atoms with van der Waals surface area (Å²) in [6.07, 6.45) is 0. The number of nitrogens with one attached hydrogen (secondary N) is 2. The molecule has 0 spiro atoms. The Kier molecular flexibility index (Phi) is 3.91. The third-order valence-electron chi connectivity index (χ3n) is 1.31. The molecule has 0 aromatic carbocycles. The van der Waals surface area contributed by atoms with Gasteiger partial charge in [-0.15, -0.1) is 0 Å². The van der Waals surface area contributed by atoms with E-state index in [9.17, 15) is 9.59 Å². The molecule has 1 atom stereocenters. The average molecular weight is 186 g/mol. The molecule has 0 saturated heterocycles. The highest BCUT2D eigenvalue weighted by Crippen LogP contribution is 1.99. The Balaban J connectivity index is 4.05. The Morgan fingerprint density at radius 1 is 1.23 bits per heavy atom. The standard InChI is InChI=1S/C9H18N2O2/c1-6(10-7(2)12)8(13)11-9(3,4)5/h6H,1-5H3,(H,10,12)(H,11,13)/t6-/m0/s1. The van der Waals surface area contributed by atoms with Crippen LogP contribution in [0.5, 0.6) is 0 Å². The molecule has 0 aliphatic carbocycles. The van der Waals surface area contributed by atoms with Crippen LogP contribution in [0.3, 0.4) is 0 Å². The molecule has 0 fully saturated rings. The van der Waals surface area contributed by atoms with E-state index in [-0.39, 0.29) is 17.4 Å². The summed E-state index contributed by atoms with van der Waals surface area (Å²) in [4.78, 5) is 22.0. The number of carbonyl (C=O) groups is 2. The van der Waals surface area contributed by atoms with E-state index in [2.05, 4.69) is 10.6 Å². The lowest BCUT2D eigenvalue weighted by Gasteiger charge is -2.23. The summed E-state index contributed by atoms with van der Waals surface area (Å²) in [7, 11) is 0. The summed E-state index contributed by atoms with van der Waals surface area (Å²) in [5.74, 6) is -0.362. The van der Waals surface area contributed by atoms with Gasteiger partial charge in [0.15, 0.2) is 0 Å². The van der Waals surface area contributed by atoms with Gasteiger partial charge < -0.3 is 10.6 Å². The summed E-state index contributed by atoms with van der Waals surface area (Å²) in [6.45, 7) is 8.73. The monoisotopic (exact) mass is 186 g/mol. The van der Waals surface area contributed by atoms with Crippen LogP contribution in [0.1, 0.15) is 34.6 Å². The maximum Gasteiger partial charge on any atom is 0.242 e. The van der Waals surface area contributed by atoms with Crippen LogP contribution in [-0.4, -0.2) is 23.4 Å². The van der Waals surface area contributed by atoms with Gasteiger partial charge in [-0.05, 0) is 27.7 Å². The summed E-state index contributed by atoms with van der Waals surface area (Å²) in [5.41, 5.74) is -0.260. The van der Waals surface area contributed by atoms with Gasteiger partial charge in [0.1, 0.15) is 6.04 Å². The second-order valence-corrected chi connectivity index (χ2v) is 4.16. The van der Waals surface area contributed by atoms with Crippen molar-refractivity contribution >= 4 is 11.8 Å². The molecule has 4 heteroatoms. The van der Waals surface area contributed by atoms with Gasteiger partial charge in [0, 0.05) is 12.5 Å². The van der Waals surface area contributed by atoms with Gasteiger partial charge in [0.25, 0.3) is 0 Å². The van der Waals surface area contributed by atoms with Crippen molar-refractivity contribution < 1.29 is 9.59 Å². The molecule has 0 aliphatic rings. The Hall–Kier alpha value is -1.06. The highest BCUT2D eigenvalue weighted by atomic mass is 16.2. The molecule has 0 radical (unpaired) electrons. The van der Waals surface area contributed by atoms with Crippen LogP contribution in [0.15, 0.2) is 0 Å². The van der Waals surface area contributed by atoms with Gasteiger partial charge in [-0.2, -0.15) is 0 Å². The number of hydrogen-bond acceptors (Lipinski definition) is 2. The number of rotatable bonds is 2. The lowest BCUT2D eigenvalue weighted by atomic mass is 10.1. The quantitative estimate of drug-likeness (QED) is 0.657. The zero-order valence-corrected chi connectivity index (χ0v) is 8.89. The minimum absolute atomic E-state index is 0.164. The van der Waals surface area contributed by atoms with Crippen molar-refractivity contribution in [3.8, 4) is 0 Å². The third kappa shape index (κ3) is 6.13. The predicted molar refractivity (Wildman–Crippen MR) is 51.2 cm³/mol. The predicted octanol–water partition coefficient (Wildman–Crippen LogP) is 0.426. The van der Waals surface area contributed by atoms with E-state index in [4.69, 9.17) is 0 Å². The Bertz CT molecular complexity index is 206. The fourth-order valence-corrected chi connectivity index (χ4v) is 0.848. The maximum atomic E-state index is 11.4. The molecule has 0 aromatic rings. The van der Waals surface area contributed by atoms with Crippen LogP contribution in [0.4, 0.5) is 0 Å². The number of hydrogen-bond donors (Lipinski definition) is 2. The molecule has 0 bridgehead atoms. The molecule has 2 amide bonds. The highest BCUT2D eigenvalue weighted by Gasteiger charge is 2.19. The first-order valence-corrected chi connectivity index (χ1v) is 4.31. The normalized spacial score (nSPS) is 13.3. The molecule has 13 heavy (non-hydrogen) atoms. The van der Waals surface area contributed by atoms with E-state index in [1.54, 1.807) is 6.92 Å². The van der Waals surface area contributed by atoms with Crippen molar-refractivity contribution in [3.05, 3.63) is 0 Å². The Labute approximate surface area is 79.1 Å². The smallest absolute Gasteiger partial charge is 0.242 e. The zero-order chi connectivity index (χ0) is 10.6. The molecule has 0 unspecified atom stereocenters. The average Bonchev–Trinajstić information content (AvgIpc) is 1.81. The van der Waals surface area contributed by atoms with Crippen molar-refractivity contribution in [2.45, 2.75) is 46.2 Å². The lowest BCUT2D eigenvalue weighted by molar-refractivity contribution is -0.128. The van der Waals surface area contributed by atoms with E-state index in [1.165, 1.54) is 6.92 Å². The fourth-order valence-electron chi connectivity index (χ4n) is 0.848. The summed E-state index contributed by atoms with van der Waals surface area (Å²) in [6, 6.07) is -0.475. The van der Waals surface area contributed by atoms with E-state index >= 15 is 0 Å². The molecule has 0 saturated carbocycles. The van der Waals surface area contributed by atoms with Crippen molar-refractivity contribution in [2.24, 2.45) is 0 Å². The molecular weight excluding hydrogens is 168 g/mol. The highest BCUT2D eigenvalue weighted by molar-refractivity contribution is 5.86. The van der Waals surface area contributed by atoms with Crippen molar-refractivity contribution in [2.75, 3.05) is 0 Å². The third-order valence-corrected chi connectivity index (χ3v) is 1.31. The molecule has 0 aromatic heterocycles. The van der Waals surface area contributed by atoms with Crippen LogP contribution < -0.4 is 10.6 Å². The van der Waals surface area contributed by atoms with Crippen LogP contribution in [0.25, 0.3) is 0 Å². The lowest BCUT2D eigenvalue weighted by Crippen LogP contribution is -2.50. The SMILES string of the molecule is CC(=O)N[C@@H](C)C(=O)NC(C)(C)C. The first-order valence-electron chi connectivity index (χ1n) is 4.31. The minimum Gasteiger partial charge on any atom is -0.350 e. The van der Waals surface area contributed by atoms with Crippen LogP contribution >= 0.6 is 0 Å². The van der Waals surface area contributed by atoms with Crippen molar-refractivity contribution in [3.63, 3.8) is 0 Å². The van der Waals surface area contributed by atoms with Crippen molar-refractivity contribution in [1.82, 2.24) is 10.6 Å². The minimum atomic E-state index is -0.475. The van der Waals surface area contributed by atoms with E-state index < -0.39 is 6.04 Å². The summed E-state index contributed by atoms with van der Waals surface area (Å²) < 4.78 is 0. The van der Waals surface area contributed by atoms with Gasteiger partial charge in [-0.1, -0.05) is 0 Å². The van der Waals surface area contributed by atoms with E-state index in [0.717, 1.165) is 0 Å². The Morgan fingerprint density at radius 2 is 1.69 bits per heavy atom. The maximum absolute atomic E-state index is 11.4. The molecule has 2 N–H and O–H groups in total. The molecule has 76 valence electrons. The zero-order valence-electron chi connectivity index (χ0n) is 8.89. The second kappa shape index (κ2) is 4.25. The van der Waals surface area contributed by atoms with Gasteiger partial charge in [0.05, 0.1) is 0 Å². The van der Waals surface area contributed by atoms with Gasteiger partial charge in [-0.3, -0.25) is 9.59 Å². The Morgan fingerprint density at radius 3 is 2.00 bits per heavy atom. The van der Waals surface area contributed by atoms with E-state index in [0.29, 0.717) is 0 Å². The first-order chi connectivity index (χ1) is 5.72. The molecule has 0 aliphatic heterocycles. The van der Waals surface area contributed by atoms with Crippen molar-refractivity contribution in [1.29, 1.82) is 0 Å². The summed E-state index contributed by atoms with van der Waals surface area (Å²) in [5, 5.41) is 5.28. The van der Waals surface area contributed by atoms with Crippen LogP contribution in [-0.2, 0) is 9.59 Å². The van der Waals surface area contributed by atoms with Crippen LogP contribution in [0.2, 0.25) is 0 Å². The topological polar surface area (TPSA) is 58.2 Å². The first kappa shape index (κ1) is 11.9.